The first-order valence-electron chi connectivity index (χ1n) is 23.4. The molecule has 12 heteroatoms. The molecule has 336 valence electrons. The largest absolute Gasteiger partial charge is 0.416 e. The van der Waals surface area contributed by atoms with E-state index in [2.05, 4.69) is 125 Å². The topological polar surface area (TPSA) is 93.7 Å². The maximum Gasteiger partial charge on any atom is 0.336 e. The van der Waals surface area contributed by atoms with Crippen LogP contribution in [0.1, 0.15) is 182 Å². The normalized spacial score (nSPS) is 13.5. The minimum absolute atomic E-state index is 0.305. The molecule has 0 bridgehead atoms. The molecule has 1 rings (SSSR count). The van der Waals surface area contributed by atoms with Crippen LogP contribution in [0.2, 0.25) is 49.9 Å². The average Bonchev–Trinajstić information content (AvgIpc) is 3.09. The molecule has 1 aromatic heterocycles. The Balaban J connectivity index is 3.15. The van der Waals surface area contributed by atoms with E-state index in [1.165, 1.54) is 13.7 Å². The van der Waals surface area contributed by atoms with E-state index in [1.54, 1.807) is 0 Å². The second-order valence-electron chi connectivity index (χ2n) is 20.0. The highest BCUT2D eigenvalue weighted by molar-refractivity contribution is 6.78. The summed E-state index contributed by atoms with van der Waals surface area (Å²) in [6, 6.07) is 0. The van der Waals surface area contributed by atoms with Crippen molar-refractivity contribution < 1.29 is 13.3 Å². The van der Waals surface area contributed by atoms with Crippen LogP contribution in [0.4, 0.5) is 0 Å². The average molecular weight is 857 g/mol. The summed E-state index contributed by atoms with van der Waals surface area (Å²) in [7, 11) is -5.83. The molecular formula is C45H93N3O6Si3. The Labute approximate surface area is 353 Å². The maximum atomic E-state index is 13.9. The highest BCUT2D eigenvalue weighted by atomic mass is 28.4. The highest BCUT2D eigenvalue weighted by Crippen LogP contribution is 2.44. The Kier molecular flexibility index (Phi) is 23.7. The molecule has 1 aromatic rings. The zero-order valence-electron chi connectivity index (χ0n) is 40.6. The molecule has 0 aromatic carbocycles. The minimum Gasteiger partial charge on any atom is -0.416 e. The third-order valence-corrected chi connectivity index (χ3v) is 32.0. The van der Waals surface area contributed by atoms with E-state index in [1.807, 2.05) is 0 Å². The summed E-state index contributed by atoms with van der Waals surface area (Å²) in [5.74, 6) is 0. The summed E-state index contributed by atoms with van der Waals surface area (Å²) in [5.41, 5.74) is 3.34. The van der Waals surface area contributed by atoms with Crippen LogP contribution in [-0.4, -0.2) is 58.5 Å². The van der Waals surface area contributed by atoms with Crippen molar-refractivity contribution in [1.29, 1.82) is 0 Å². The molecule has 0 amide bonds. The Hall–Kier alpha value is -1.06. The van der Waals surface area contributed by atoms with E-state index in [-0.39, 0.29) is 0 Å². The molecule has 0 fully saturated rings. The Morgan fingerprint density at radius 3 is 0.649 bits per heavy atom. The monoisotopic (exact) mass is 856 g/mol. The van der Waals surface area contributed by atoms with E-state index >= 15 is 0 Å². The van der Waals surface area contributed by atoms with Gasteiger partial charge in [0.2, 0.25) is 0 Å². The van der Waals surface area contributed by atoms with Crippen LogP contribution in [-0.2, 0) is 32.9 Å². The van der Waals surface area contributed by atoms with Crippen LogP contribution in [0.25, 0.3) is 0 Å². The lowest BCUT2D eigenvalue weighted by atomic mass is 10.2. The van der Waals surface area contributed by atoms with E-state index in [4.69, 9.17) is 13.3 Å². The molecule has 0 N–H and O–H groups in total. The molecule has 57 heavy (non-hydrogen) atoms. The zero-order chi connectivity index (χ0) is 43.9. The molecule has 0 aliphatic rings. The summed E-state index contributed by atoms with van der Waals surface area (Å²) in [5, 5.41) is 0. The van der Waals surface area contributed by atoms with Crippen LogP contribution in [0.15, 0.2) is 14.4 Å². The third kappa shape index (κ3) is 13.5. The van der Waals surface area contributed by atoms with Gasteiger partial charge in [-0.3, -0.25) is 0 Å². The predicted molar refractivity (Wildman–Crippen MR) is 252 cm³/mol. The van der Waals surface area contributed by atoms with Gasteiger partial charge in [0, 0.05) is 39.5 Å². The van der Waals surface area contributed by atoms with Gasteiger partial charge in [0.25, 0.3) is 0 Å². The smallest absolute Gasteiger partial charge is 0.336 e. The van der Waals surface area contributed by atoms with Gasteiger partial charge in [-0.05, 0) is 108 Å². The Bertz CT molecular complexity index is 1190. The van der Waals surface area contributed by atoms with Crippen molar-refractivity contribution in [2.75, 3.05) is 19.8 Å². The molecule has 0 aliphatic carbocycles. The molecule has 1 heterocycles. The molecule has 0 aliphatic heterocycles. The lowest BCUT2D eigenvalue weighted by Crippen LogP contribution is -2.54. The molecule has 0 saturated heterocycles. The second-order valence-corrected chi connectivity index (χ2v) is 36.4. The van der Waals surface area contributed by atoms with Crippen LogP contribution < -0.4 is 17.1 Å². The minimum atomic E-state index is -1.94. The van der Waals surface area contributed by atoms with Gasteiger partial charge >= 0.3 is 17.1 Å². The van der Waals surface area contributed by atoms with Gasteiger partial charge in [-0.1, -0.05) is 125 Å². The number of rotatable bonds is 30. The summed E-state index contributed by atoms with van der Waals surface area (Å²) in [4.78, 5) is 41.6. The van der Waals surface area contributed by atoms with E-state index in [0.717, 1.165) is 38.5 Å². The fraction of sp³-hybridized carbons (Fsp3) is 0.933. The van der Waals surface area contributed by atoms with Gasteiger partial charge in [0.1, 0.15) is 0 Å². The van der Waals surface area contributed by atoms with Crippen LogP contribution in [0.3, 0.4) is 0 Å². The van der Waals surface area contributed by atoms with Crippen molar-refractivity contribution in [3.8, 4) is 0 Å². The van der Waals surface area contributed by atoms with Gasteiger partial charge in [-0.15, -0.1) is 0 Å². The van der Waals surface area contributed by atoms with E-state index < -0.39 is 42.0 Å². The lowest BCUT2D eigenvalue weighted by molar-refractivity contribution is 0.265. The van der Waals surface area contributed by atoms with Gasteiger partial charge in [0.05, 0.1) is 0 Å². The van der Waals surface area contributed by atoms with Gasteiger partial charge in [-0.25, -0.2) is 28.1 Å². The predicted octanol–water partition coefficient (Wildman–Crippen LogP) is 12.3. The lowest BCUT2D eigenvalue weighted by Gasteiger charge is -2.42. The molecule has 0 unspecified atom stereocenters. The van der Waals surface area contributed by atoms with Gasteiger partial charge < -0.3 is 13.3 Å². The third-order valence-electron chi connectivity index (χ3n) is 13.6. The molecular weight excluding hydrogens is 763 g/mol. The van der Waals surface area contributed by atoms with Crippen molar-refractivity contribution in [2.45, 2.75) is 252 Å². The first-order chi connectivity index (χ1) is 26.5. The van der Waals surface area contributed by atoms with Crippen LogP contribution in [0.5, 0.6) is 0 Å². The summed E-state index contributed by atoms with van der Waals surface area (Å²) >= 11 is 0. The first kappa shape index (κ1) is 54.0. The molecule has 0 spiro atoms. The first-order valence-corrected chi connectivity index (χ1v) is 29.8. The summed E-state index contributed by atoms with van der Waals surface area (Å²) in [6.07, 6.45) is 7.27. The summed E-state index contributed by atoms with van der Waals surface area (Å²) < 4.78 is 24.3. The van der Waals surface area contributed by atoms with Crippen LogP contribution >= 0.6 is 0 Å². The number of aromatic nitrogens is 3. The van der Waals surface area contributed by atoms with Crippen molar-refractivity contribution >= 4 is 25.0 Å². The quantitative estimate of drug-likeness (QED) is 0.0565. The second kappa shape index (κ2) is 25.0. The Morgan fingerprint density at radius 1 is 0.316 bits per heavy atom. The van der Waals surface area contributed by atoms with Gasteiger partial charge in [-0.2, -0.15) is 0 Å². The molecule has 0 atom stereocenters. The van der Waals surface area contributed by atoms with Crippen molar-refractivity contribution in [2.24, 2.45) is 0 Å². The molecule has 9 nitrogen and oxygen atoms in total. The zero-order valence-corrected chi connectivity index (χ0v) is 43.6. The fourth-order valence-electron chi connectivity index (χ4n) is 11.1. The fourth-order valence-corrected chi connectivity index (χ4v) is 27.6. The molecule has 0 radical (unpaired) electrons. The highest BCUT2D eigenvalue weighted by Gasteiger charge is 2.46. The standard InChI is InChI=1S/C45H93N3O6Si3/c1-34(2)55(35(3)4,36(5)6)52-31-25-19-22-28-46-43(49)47(29-23-20-26-32-53-56(37(7)8,38(9)10)39(11)12)45(51)48(44(46)50)30-24-21-27-33-54-57(40(13)14,41(15)16)42(17)18/h34-42H,19-33H2,1-18H3. The Morgan fingerprint density at radius 2 is 0.491 bits per heavy atom. The van der Waals surface area contributed by atoms with E-state index in [0.29, 0.717) is 109 Å². The maximum absolute atomic E-state index is 13.9. The number of hydrogen-bond donors (Lipinski definition) is 0. The van der Waals surface area contributed by atoms with Crippen molar-refractivity contribution in [1.82, 2.24) is 13.7 Å². The van der Waals surface area contributed by atoms with Gasteiger partial charge in [0.15, 0.2) is 25.0 Å². The van der Waals surface area contributed by atoms with Crippen LogP contribution in [0, 0.1) is 0 Å². The number of unbranched alkanes of at least 4 members (excludes halogenated alkanes) is 6. The summed E-state index contributed by atoms with van der Waals surface area (Å²) in [6.45, 7) is 44.5. The van der Waals surface area contributed by atoms with E-state index in [9.17, 15) is 14.4 Å². The van der Waals surface area contributed by atoms with Crippen molar-refractivity contribution in [3.05, 3.63) is 31.5 Å². The number of hydrogen-bond acceptors (Lipinski definition) is 6. The number of nitrogens with zero attached hydrogens (tertiary/aromatic N) is 3. The molecule has 0 saturated carbocycles. The van der Waals surface area contributed by atoms with Crippen molar-refractivity contribution in [3.63, 3.8) is 0 Å². The SMILES string of the molecule is CC(C)[Si](OCCCCCn1c(=O)n(CCCCCO[Si](C(C)C)(C(C)C)C(C)C)c(=O)n(CCCCCO[Si](C(C)C)(C(C)C)C(C)C)c1=O)(C(C)C)C(C)C.